The van der Waals surface area contributed by atoms with Gasteiger partial charge in [-0.1, -0.05) is 13.8 Å². The van der Waals surface area contributed by atoms with Crippen LogP contribution < -0.4 is 16.8 Å². The van der Waals surface area contributed by atoms with Crippen LogP contribution in [0.4, 0.5) is 0 Å². The summed E-state index contributed by atoms with van der Waals surface area (Å²) in [5.74, 6) is -1.01. The molecule has 0 aliphatic rings. The topological polar surface area (TPSA) is 115 Å². The van der Waals surface area contributed by atoms with Crippen molar-refractivity contribution >= 4 is 17.6 Å². The number of primary amides is 1. The molecule has 0 aromatic rings. The summed E-state index contributed by atoms with van der Waals surface area (Å²) in [4.78, 5) is 34.7. The van der Waals surface area contributed by atoms with Crippen molar-refractivity contribution in [3.05, 3.63) is 0 Å². The molecular formula is C14H27N3O3. The second-order valence-electron chi connectivity index (χ2n) is 5.63. The highest BCUT2D eigenvalue weighted by Gasteiger charge is 2.25. The number of rotatable bonds is 10. The molecule has 0 spiro atoms. The fourth-order valence-electron chi connectivity index (χ4n) is 2.10. The molecule has 6 nitrogen and oxygen atoms in total. The van der Waals surface area contributed by atoms with Gasteiger partial charge < -0.3 is 21.6 Å². The summed E-state index contributed by atoms with van der Waals surface area (Å²) >= 11 is 0. The summed E-state index contributed by atoms with van der Waals surface area (Å²) in [5, 5.41) is 2.64. The standard InChI is InChI=1S/C14H27N3O3/c1-9(2)7-11(8-10(3)18)14(20)17-12(13(16)19)5-4-6-15/h9,11-12H,4-8,15H2,1-3H3,(H2,16,19)(H,17,20)/t11-,12+/m1/s1. The van der Waals surface area contributed by atoms with E-state index in [4.69, 9.17) is 11.5 Å². The van der Waals surface area contributed by atoms with Crippen molar-refractivity contribution in [2.75, 3.05) is 6.54 Å². The van der Waals surface area contributed by atoms with Crippen LogP contribution in [0.2, 0.25) is 0 Å². The lowest BCUT2D eigenvalue weighted by molar-refractivity contribution is -0.132. The van der Waals surface area contributed by atoms with Crippen LogP contribution in [0.3, 0.4) is 0 Å². The molecule has 0 rings (SSSR count). The SMILES string of the molecule is CC(=O)C[C@@H](CC(C)C)C(=O)N[C@@H](CCCN)C(N)=O. The van der Waals surface area contributed by atoms with Crippen LogP contribution in [-0.2, 0) is 14.4 Å². The average Bonchev–Trinajstić information content (AvgIpc) is 2.31. The second kappa shape index (κ2) is 9.47. The molecule has 0 fully saturated rings. The molecule has 0 saturated heterocycles. The minimum atomic E-state index is -0.715. The molecule has 0 heterocycles. The summed E-state index contributed by atoms with van der Waals surface area (Å²) in [7, 11) is 0. The monoisotopic (exact) mass is 285 g/mol. The Morgan fingerprint density at radius 3 is 2.20 bits per heavy atom. The van der Waals surface area contributed by atoms with Gasteiger partial charge in [-0.15, -0.1) is 0 Å². The molecule has 20 heavy (non-hydrogen) atoms. The average molecular weight is 285 g/mol. The van der Waals surface area contributed by atoms with Crippen molar-refractivity contribution < 1.29 is 14.4 Å². The highest BCUT2D eigenvalue weighted by Crippen LogP contribution is 2.16. The van der Waals surface area contributed by atoms with Crippen LogP contribution in [0.25, 0.3) is 0 Å². The fourth-order valence-corrected chi connectivity index (χ4v) is 2.10. The van der Waals surface area contributed by atoms with Gasteiger partial charge in [0, 0.05) is 12.3 Å². The van der Waals surface area contributed by atoms with Gasteiger partial charge in [0.1, 0.15) is 11.8 Å². The molecule has 0 radical (unpaired) electrons. The third-order valence-corrected chi connectivity index (χ3v) is 3.02. The molecular weight excluding hydrogens is 258 g/mol. The highest BCUT2D eigenvalue weighted by atomic mass is 16.2. The zero-order valence-electron chi connectivity index (χ0n) is 12.6. The van der Waals surface area contributed by atoms with Crippen molar-refractivity contribution in [3.63, 3.8) is 0 Å². The highest BCUT2D eigenvalue weighted by molar-refractivity contribution is 5.90. The van der Waals surface area contributed by atoms with Crippen LogP contribution in [0.15, 0.2) is 0 Å². The second-order valence-corrected chi connectivity index (χ2v) is 5.63. The molecule has 0 aromatic heterocycles. The predicted octanol–water partition coefficient (Wildman–Crippen LogP) is 0.337. The summed E-state index contributed by atoms with van der Waals surface area (Å²) in [6.45, 7) is 5.87. The Hall–Kier alpha value is -1.43. The maximum Gasteiger partial charge on any atom is 0.240 e. The quantitative estimate of drug-likeness (QED) is 0.536. The van der Waals surface area contributed by atoms with Crippen LogP contribution in [-0.4, -0.2) is 30.2 Å². The number of nitrogens with one attached hydrogen (secondary N) is 1. The van der Waals surface area contributed by atoms with Gasteiger partial charge in [0.05, 0.1) is 0 Å². The first-order valence-corrected chi connectivity index (χ1v) is 7.07. The Kier molecular flexibility index (Phi) is 8.79. The number of hydrogen-bond donors (Lipinski definition) is 3. The summed E-state index contributed by atoms with van der Waals surface area (Å²) in [6, 6.07) is -0.715. The van der Waals surface area contributed by atoms with E-state index in [-0.39, 0.29) is 18.1 Å². The lowest BCUT2D eigenvalue weighted by atomic mass is 9.91. The number of hydrogen-bond acceptors (Lipinski definition) is 4. The number of carbonyl (C=O) groups excluding carboxylic acids is 3. The van der Waals surface area contributed by atoms with Crippen LogP contribution in [0.1, 0.15) is 46.5 Å². The number of nitrogens with two attached hydrogens (primary N) is 2. The summed E-state index contributed by atoms with van der Waals surface area (Å²) in [6.07, 6.45) is 1.82. The van der Waals surface area contributed by atoms with Gasteiger partial charge in [0.2, 0.25) is 11.8 Å². The number of amides is 2. The van der Waals surface area contributed by atoms with Crippen LogP contribution in [0.5, 0.6) is 0 Å². The Morgan fingerprint density at radius 2 is 1.80 bits per heavy atom. The van der Waals surface area contributed by atoms with Gasteiger partial charge >= 0.3 is 0 Å². The molecule has 0 saturated carbocycles. The molecule has 6 heteroatoms. The molecule has 0 aromatic carbocycles. The van der Waals surface area contributed by atoms with Gasteiger partial charge in [-0.25, -0.2) is 0 Å². The van der Waals surface area contributed by atoms with E-state index in [0.717, 1.165) is 0 Å². The molecule has 0 aliphatic carbocycles. The lowest BCUT2D eigenvalue weighted by Crippen LogP contribution is -2.47. The van der Waals surface area contributed by atoms with Crippen LogP contribution >= 0.6 is 0 Å². The molecule has 0 unspecified atom stereocenters. The molecule has 0 aliphatic heterocycles. The van der Waals surface area contributed by atoms with E-state index in [0.29, 0.717) is 31.7 Å². The fraction of sp³-hybridized carbons (Fsp3) is 0.786. The number of ketones is 1. The smallest absolute Gasteiger partial charge is 0.240 e. The first-order chi connectivity index (χ1) is 9.27. The molecule has 116 valence electrons. The van der Waals surface area contributed by atoms with E-state index in [2.05, 4.69) is 5.32 Å². The van der Waals surface area contributed by atoms with E-state index in [1.807, 2.05) is 13.8 Å². The predicted molar refractivity (Wildman–Crippen MR) is 77.7 cm³/mol. The maximum absolute atomic E-state index is 12.2. The van der Waals surface area contributed by atoms with Crippen molar-refractivity contribution in [2.45, 2.75) is 52.5 Å². The Morgan fingerprint density at radius 1 is 1.20 bits per heavy atom. The first-order valence-electron chi connectivity index (χ1n) is 7.07. The minimum Gasteiger partial charge on any atom is -0.368 e. The van der Waals surface area contributed by atoms with E-state index in [9.17, 15) is 14.4 Å². The molecule has 0 bridgehead atoms. The van der Waals surface area contributed by atoms with Crippen LogP contribution in [0, 0.1) is 11.8 Å². The lowest BCUT2D eigenvalue weighted by Gasteiger charge is -2.21. The summed E-state index contributed by atoms with van der Waals surface area (Å²) in [5.41, 5.74) is 10.7. The van der Waals surface area contributed by atoms with Crippen molar-refractivity contribution in [2.24, 2.45) is 23.3 Å². The Labute approximate surface area is 120 Å². The van der Waals surface area contributed by atoms with E-state index >= 15 is 0 Å². The minimum absolute atomic E-state index is 0.0385. The van der Waals surface area contributed by atoms with E-state index in [1.54, 1.807) is 0 Å². The zero-order valence-corrected chi connectivity index (χ0v) is 12.6. The largest absolute Gasteiger partial charge is 0.368 e. The van der Waals surface area contributed by atoms with Gasteiger partial charge in [-0.05, 0) is 38.6 Å². The van der Waals surface area contributed by atoms with Crippen molar-refractivity contribution in [1.29, 1.82) is 0 Å². The van der Waals surface area contributed by atoms with E-state index in [1.165, 1.54) is 6.92 Å². The Bertz CT molecular complexity index is 343. The Balaban J connectivity index is 4.68. The normalized spacial score (nSPS) is 13.8. The molecule has 5 N–H and O–H groups in total. The van der Waals surface area contributed by atoms with Gasteiger partial charge in [-0.3, -0.25) is 9.59 Å². The van der Waals surface area contributed by atoms with Gasteiger partial charge in [0.25, 0.3) is 0 Å². The third kappa shape index (κ3) is 7.89. The van der Waals surface area contributed by atoms with Crippen molar-refractivity contribution in [3.8, 4) is 0 Å². The third-order valence-electron chi connectivity index (χ3n) is 3.02. The number of carbonyl (C=O) groups is 3. The molecule has 2 atom stereocenters. The zero-order chi connectivity index (χ0) is 15.7. The van der Waals surface area contributed by atoms with Crippen molar-refractivity contribution in [1.82, 2.24) is 5.32 Å². The summed E-state index contributed by atoms with van der Waals surface area (Å²) < 4.78 is 0. The molecule has 2 amide bonds. The van der Waals surface area contributed by atoms with Gasteiger partial charge in [0.15, 0.2) is 0 Å². The maximum atomic E-state index is 12.2. The number of Topliss-reactive ketones (excluding diaryl/α,β-unsaturated/α-hetero) is 1. The first kappa shape index (κ1) is 18.6. The van der Waals surface area contributed by atoms with Gasteiger partial charge in [-0.2, -0.15) is 0 Å². The van der Waals surface area contributed by atoms with E-state index < -0.39 is 17.9 Å².